The van der Waals surface area contributed by atoms with Crippen LogP contribution in [0, 0.1) is 62.6 Å². The van der Waals surface area contributed by atoms with E-state index in [4.69, 9.17) is 4.84 Å². The lowest BCUT2D eigenvalue weighted by molar-refractivity contribution is -0.257. The van der Waals surface area contributed by atoms with E-state index >= 15 is 0 Å². The van der Waals surface area contributed by atoms with Crippen molar-refractivity contribution in [1.29, 1.82) is 0 Å². The van der Waals surface area contributed by atoms with Gasteiger partial charge in [-0.25, -0.2) is 4.84 Å². The number of carboxylic acids is 1. The van der Waals surface area contributed by atoms with Crippen LogP contribution in [0.2, 0.25) is 0 Å². The van der Waals surface area contributed by atoms with E-state index < -0.39 is 11.4 Å². The molecule has 6 aliphatic rings. The van der Waals surface area contributed by atoms with Gasteiger partial charge in [0.1, 0.15) is 17.1 Å². The Bertz CT molecular complexity index is 1500. The first-order valence-corrected chi connectivity index (χ1v) is 18.9. The second-order valence-electron chi connectivity index (χ2n) is 19.1. The fourth-order valence-electron chi connectivity index (χ4n) is 13.8. The Hall–Kier alpha value is -2.38. The minimum Gasteiger partial charge on any atom is -0.481 e. The third kappa shape index (κ3) is 4.64. The molecule has 264 valence electrons. The fourth-order valence-corrected chi connectivity index (χ4v) is 13.8. The van der Waals surface area contributed by atoms with Crippen molar-refractivity contribution in [1.82, 2.24) is 5.53 Å². The molecule has 0 aromatic heterocycles. The summed E-state index contributed by atoms with van der Waals surface area (Å²) in [5.41, 5.74) is 9.31. The molecule has 48 heavy (non-hydrogen) atoms. The maximum Gasteiger partial charge on any atom is 0.304 e. The first kappa shape index (κ1) is 34.1. The predicted octanol–water partition coefficient (Wildman–Crippen LogP) is 9.37. The fraction of sp³-hybridized carbons (Fsp3) is 0.756. The number of carbonyl (C=O) groups excluding carboxylic acids is 1. The van der Waals surface area contributed by atoms with Gasteiger partial charge in [-0.15, -0.1) is 5.53 Å². The summed E-state index contributed by atoms with van der Waals surface area (Å²) in [6.45, 7) is 23.1. The summed E-state index contributed by atoms with van der Waals surface area (Å²) in [5.74, 6) is 1.66. The normalized spacial score (nSPS) is 42.8. The van der Waals surface area contributed by atoms with Gasteiger partial charge in [0.15, 0.2) is 0 Å². The van der Waals surface area contributed by atoms with Crippen LogP contribution in [0.3, 0.4) is 0 Å². The van der Waals surface area contributed by atoms with Crippen LogP contribution in [0.1, 0.15) is 126 Å². The van der Waals surface area contributed by atoms with Crippen molar-refractivity contribution in [2.45, 2.75) is 132 Å². The highest BCUT2D eigenvalue weighted by Gasteiger charge is 2.72. The zero-order chi connectivity index (χ0) is 34.7. The van der Waals surface area contributed by atoms with E-state index in [1.807, 2.05) is 19.0 Å². The molecule has 0 amide bonds. The standard InChI is InChI=1S/C41H61N3O4/c1-25(2)26-16-21-41(48-44-30-13-11-10-12-29(30)42-43-44)23-22-39(8)27(34(26)41)14-15-32-38(7)19-17-28(35(47)36(3,4)24-33(45)46)37(5,6)31(38)18-20-40(32,39)9/h10-13,26-28,31-32,34,42-43H,1,14-24H2,2-9H3,(H,45,46)/t26-,27?,28+,31?,32?,34?,38-,39+,40+,41-/m0/s1. The quantitative estimate of drug-likeness (QED) is 0.251. The number of carbonyl (C=O) groups is 2. The maximum atomic E-state index is 14.1. The van der Waals surface area contributed by atoms with Crippen molar-refractivity contribution < 1.29 is 19.5 Å². The van der Waals surface area contributed by atoms with Crippen molar-refractivity contribution >= 4 is 23.1 Å². The van der Waals surface area contributed by atoms with Crippen molar-refractivity contribution in [2.24, 2.45) is 62.6 Å². The average Bonchev–Trinajstić information content (AvgIpc) is 3.58. The molecular formula is C41H61N3O4. The van der Waals surface area contributed by atoms with Crippen LogP contribution in [-0.4, -0.2) is 22.5 Å². The van der Waals surface area contributed by atoms with Crippen molar-refractivity contribution in [3.8, 4) is 0 Å². The van der Waals surface area contributed by atoms with E-state index in [1.54, 1.807) is 0 Å². The number of para-hydroxylation sites is 2. The van der Waals surface area contributed by atoms with Gasteiger partial charge in [0.2, 0.25) is 0 Å². The van der Waals surface area contributed by atoms with Crippen molar-refractivity contribution in [3.63, 3.8) is 0 Å². The Morgan fingerprint density at radius 1 is 0.938 bits per heavy atom. The van der Waals surface area contributed by atoms with Gasteiger partial charge in [0.05, 0.1) is 12.1 Å². The van der Waals surface area contributed by atoms with E-state index in [0.29, 0.717) is 29.6 Å². The van der Waals surface area contributed by atoms with Gasteiger partial charge >= 0.3 is 5.97 Å². The lowest BCUT2D eigenvalue weighted by Crippen LogP contribution is -2.68. The third-order valence-corrected chi connectivity index (χ3v) is 16.3. The summed E-state index contributed by atoms with van der Waals surface area (Å²) in [6.07, 6.45) is 11.0. The van der Waals surface area contributed by atoms with Crippen LogP contribution in [0.4, 0.5) is 11.4 Å². The molecule has 1 aromatic carbocycles. The molecule has 7 heteroatoms. The molecule has 0 saturated heterocycles. The van der Waals surface area contributed by atoms with Crippen LogP contribution in [0.25, 0.3) is 0 Å². The molecule has 0 bridgehead atoms. The Labute approximate surface area is 288 Å². The molecule has 1 heterocycles. The molecule has 1 aromatic rings. The van der Waals surface area contributed by atoms with Gasteiger partial charge < -0.3 is 5.11 Å². The zero-order valence-electron chi connectivity index (χ0n) is 30.9. The number of hydrogen-bond donors (Lipinski definition) is 3. The number of anilines is 2. The summed E-state index contributed by atoms with van der Waals surface area (Å²) < 4.78 is 0. The summed E-state index contributed by atoms with van der Waals surface area (Å²) >= 11 is 0. The summed E-state index contributed by atoms with van der Waals surface area (Å²) in [7, 11) is 0. The predicted molar refractivity (Wildman–Crippen MR) is 191 cm³/mol. The van der Waals surface area contributed by atoms with Crippen LogP contribution >= 0.6 is 0 Å². The number of benzene rings is 1. The number of Topliss-reactive ketones (excluding diaryl/α,β-unsaturated/α-hetero) is 1. The second-order valence-corrected chi connectivity index (χ2v) is 19.1. The number of carboxylic acid groups (broad SMARTS) is 1. The van der Waals surface area contributed by atoms with Gasteiger partial charge in [-0.05, 0) is 129 Å². The monoisotopic (exact) mass is 659 g/mol. The Morgan fingerprint density at radius 3 is 2.38 bits per heavy atom. The molecule has 3 N–H and O–H groups in total. The zero-order valence-corrected chi connectivity index (χ0v) is 30.9. The number of hydrazine groups is 2. The highest BCUT2D eigenvalue weighted by Crippen LogP contribution is 2.77. The Kier molecular flexibility index (Phi) is 7.85. The van der Waals surface area contributed by atoms with Gasteiger partial charge in [0, 0.05) is 17.3 Å². The summed E-state index contributed by atoms with van der Waals surface area (Å²) in [6, 6.07) is 8.33. The van der Waals surface area contributed by atoms with E-state index in [-0.39, 0.29) is 45.4 Å². The van der Waals surface area contributed by atoms with Gasteiger partial charge in [-0.1, -0.05) is 72.8 Å². The SMILES string of the molecule is C=C(C)[C@@H]1CC[C@]2(ON3NNc4ccccc43)CC[C@]3(C)C(CCC4[C@@]5(C)CC[C@H](C(=O)C(C)(C)CC(=O)O)C(C)(C)C5CC[C@]43C)C12. The highest BCUT2D eigenvalue weighted by molar-refractivity contribution is 5.90. The molecule has 5 saturated carbocycles. The van der Waals surface area contributed by atoms with Crippen LogP contribution in [0.15, 0.2) is 36.4 Å². The largest absolute Gasteiger partial charge is 0.481 e. The first-order chi connectivity index (χ1) is 22.4. The van der Waals surface area contributed by atoms with E-state index in [2.05, 4.69) is 83.3 Å². The lowest BCUT2D eigenvalue weighted by atomic mass is 9.32. The average molecular weight is 660 g/mol. The molecule has 5 fully saturated rings. The number of rotatable bonds is 7. The van der Waals surface area contributed by atoms with Crippen molar-refractivity contribution in [2.75, 3.05) is 10.6 Å². The van der Waals surface area contributed by atoms with Gasteiger partial charge in [-0.2, -0.15) is 5.17 Å². The highest BCUT2D eigenvalue weighted by atomic mass is 16.7. The molecule has 0 spiro atoms. The molecule has 7 rings (SSSR count). The van der Waals surface area contributed by atoms with E-state index in [0.717, 1.165) is 49.9 Å². The van der Waals surface area contributed by atoms with Crippen LogP contribution < -0.4 is 16.1 Å². The topological polar surface area (TPSA) is 90.9 Å². The van der Waals surface area contributed by atoms with Crippen LogP contribution in [0.5, 0.6) is 0 Å². The number of nitrogens with zero attached hydrogens (tertiary/aromatic N) is 1. The van der Waals surface area contributed by atoms with E-state index in [1.165, 1.54) is 31.3 Å². The minimum atomic E-state index is -0.888. The molecule has 1 aliphatic heterocycles. The van der Waals surface area contributed by atoms with E-state index in [9.17, 15) is 14.7 Å². The molecular weight excluding hydrogens is 598 g/mol. The summed E-state index contributed by atoms with van der Waals surface area (Å²) in [4.78, 5) is 32.9. The summed E-state index contributed by atoms with van der Waals surface area (Å²) in [5, 5.41) is 11.5. The lowest BCUT2D eigenvalue weighted by Gasteiger charge is -2.73. The van der Waals surface area contributed by atoms with Crippen LogP contribution in [-0.2, 0) is 14.4 Å². The minimum absolute atomic E-state index is 0.0951. The first-order valence-electron chi connectivity index (χ1n) is 18.9. The van der Waals surface area contributed by atoms with Gasteiger partial charge in [-0.3, -0.25) is 15.0 Å². The third-order valence-electron chi connectivity index (χ3n) is 16.3. The molecule has 7 nitrogen and oxygen atoms in total. The Balaban J connectivity index is 1.19. The van der Waals surface area contributed by atoms with Crippen molar-refractivity contribution in [3.05, 3.63) is 36.4 Å². The number of nitrogens with one attached hydrogen (secondary N) is 2. The number of ketones is 1. The number of aliphatic carboxylic acids is 1. The number of allylic oxidation sites excluding steroid dienone is 1. The molecule has 5 aliphatic carbocycles. The molecule has 4 unspecified atom stereocenters. The van der Waals surface area contributed by atoms with Gasteiger partial charge in [0.25, 0.3) is 0 Å². The molecule has 0 radical (unpaired) electrons. The smallest absolute Gasteiger partial charge is 0.304 e. The Morgan fingerprint density at radius 2 is 1.67 bits per heavy atom. The number of fused-ring (bicyclic) bond motifs is 8. The maximum absolute atomic E-state index is 14.1. The number of hydrogen-bond acceptors (Lipinski definition) is 6. The second kappa shape index (κ2) is 11.1. The molecule has 10 atom stereocenters.